The first-order chi connectivity index (χ1) is 16.1. The number of thioether (sulfide) groups is 1. The van der Waals surface area contributed by atoms with Gasteiger partial charge in [0.25, 0.3) is 5.91 Å². The summed E-state index contributed by atoms with van der Waals surface area (Å²) in [5.74, 6) is 0.0923. The Morgan fingerprint density at radius 2 is 1.82 bits per heavy atom. The fraction of sp³-hybridized carbons (Fsp3) is 0.269. The van der Waals surface area contributed by atoms with E-state index >= 15 is 0 Å². The lowest BCUT2D eigenvalue weighted by atomic mass is 9.82. The number of para-hydroxylation sites is 1. The third kappa shape index (κ3) is 4.59. The summed E-state index contributed by atoms with van der Waals surface area (Å²) < 4.78 is 0. The van der Waals surface area contributed by atoms with Gasteiger partial charge in [0, 0.05) is 39.6 Å². The number of benzene rings is 2. The van der Waals surface area contributed by atoms with Crippen LogP contribution in [0.1, 0.15) is 44.6 Å². The van der Waals surface area contributed by atoms with Crippen molar-refractivity contribution in [3.63, 3.8) is 0 Å². The summed E-state index contributed by atoms with van der Waals surface area (Å²) in [4.78, 5) is 26.2. The number of allylic oxidation sites excluding steroid dienone is 1. The summed E-state index contributed by atoms with van der Waals surface area (Å²) in [5, 5.41) is 10.7. The monoisotopic (exact) mass is 458 g/mol. The zero-order chi connectivity index (χ0) is 22.8. The van der Waals surface area contributed by atoms with Gasteiger partial charge in [0.2, 0.25) is 5.91 Å². The predicted molar refractivity (Wildman–Crippen MR) is 134 cm³/mol. The third-order valence-electron chi connectivity index (χ3n) is 6.16. The van der Waals surface area contributed by atoms with E-state index in [-0.39, 0.29) is 11.8 Å². The highest BCUT2D eigenvalue weighted by atomic mass is 32.2. The van der Waals surface area contributed by atoms with E-state index in [9.17, 15) is 9.59 Å². The van der Waals surface area contributed by atoms with Crippen LogP contribution in [0.5, 0.6) is 0 Å². The minimum atomic E-state index is -0.141. The molecule has 1 aliphatic carbocycles. The first kappa shape index (κ1) is 21.5. The molecule has 168 valence electrons. The molecule has 1 fully saturated rings. The van der Waals surface area contributed by atoms with Gasteiger partial charge in [0.15, 0.2) is 0 Å². The highest BCUT2D eigenvalue weighted by Crippen LogP contribution is 2.43. The first-order valence-corrected chi connectivity index (χ1v) is 12.2. The maximum absolute atomic E-state index is 12.8. The summed E-state index contributed by atoms with van der Waals surface area (Å²) in [6.45, 7) is 1.50. The molecule has 6 nitrogen and oxygen atoms in total. The zero-order valence-electron chi connectivity index (χ0n) is 18.5. The number of fused-ring (bicyclic) bond motifs is 1. The van der Waals surface area contributed by atoms with Crippen molar-refractivity contribution in [3.8, 4) is 0 Å². The van der Waals surface area contributed by atoms with Crippen LogP contribution in [0, 0.1) is 5.92 Å². The second-order valence-electron chi connectivity index (χ2n) is 8.55. The van der Waals surface area contributed by atoms with Crippen LogP contribution in [-0.2, 0) is 9.59 Å². The molecule has 3 aliphatic rings. The Hall–Kier alpha value is -3.32. The topological polar surface area (TPSA) is 82.6 Å². The maximum atomic E-state index is 12.8. The molecule has 7 heteroatoms. The lowest BCUT2D eigenvalue weighted by Crippen LogP contribution is -2.24. The number of carbonyl (C=O) groups is 2. The van der Waals surface area contributed by atoms with E-state index in [0.717, 1.165) is 51.0 Å². The van der Waals surface area contributed by atoms with E-state index in [1.165, 1.54) is 26.2 Å². The van der Waals surface area contributed by atoms with Gasteiger partial charge < -0.3 is 10.6 Å². The van der Waals surface area contributed by atoms with Crippen LogP contribution in [0.3, 0.4) is 0 Å². The number of rotatable bonds is 4. The van der Waals surface area contributed by atoms with E-state index in [1.807, 2.05) is 42.5 Å². The molecule has 2 amide bonds. The van der Waals surface area contributed by atoms with Crippen LogP contribution in [0.15, 0.2) is 75.9 Å². The second-order valence-corrected chi connectivity index (χ2v) is 9.66. The van der Waals surface area contributed by atoms with Crippen molar-refractivity contribution in [3.05, 3.63) is 71.4 Å². The standard InChI is InChI=1S/C26H26N4O2S/c1-16(31)27-18-11-13-19(14-12-18)33-23-15-22(28-21-10-6-5-9-20(21)23)24-25(29-30-26(24)32)17-7-3-2-4-8-17/h5-6,9-15,17,28H,2-4,7-8H2,1H3,(H,27,31)(H,30,32). The first-order valence-electron chi connectivity index (χ1n) is 11.3. The Morgan fingerprint density at radius 1 is 1.06 bits per heavy atom. The van der Waals surface area contributed by atoms with Crippen molar-refractivity contribution in [2.75, 3.05) is 10.6 Å². The Bertz CT molecular complexity index is 1190. The van der Waals surface area contributed by atoms with E-state index in [1.54, 1.807) is 11.8 Å². The Balaban J connectivity index is 1.50. The quantitative estimate of drug-likeness (QED) is 0.527. The lowest BCUT2D eigenvalue weighted by molar-refractivity contribution is -0.116. The van der Waals surface area contributed by atoms with E-state index in [4.69, 9.17) is 0 Å². The molecule has 0 radical (unpaired) electrons. The number of hydrogen-bond donors (Lipinski definition) is 3. The molecule has 2 aromatic rings. The van der Waals surface area contributed by atoms with Crippen molar-refractivity contribution in [1.29, 1.82) is 0 Å². The van der Waals surface area contributed by atoms with Gasteiger partial charge in [-0.15, -0.1) is 0 Å². The van der Waals surface area contributed by atoms with Gasteiger partial charge in [-0.05, 0) is 49.2 Å². The van der Waals surface area contributed by atoms with Crippen LogP contribution < -0.4 is 16.1 Å². The molecular weight excluding hydrogens is 432 g/mol. The van der Waals surface area contributed by atoms with Gasteiger partial charge in [-0.25, -0.2) is 5.43 Å². The Labute approximate surface area is 197 Å². The largest absolute Gasteiger partial charge is 0.354 e. The minimum Gasteiger partial charge on any atom is -0.354 e. The molecule has 0 atom stereocenters. The fourth-order valence-corrected chi connectivity index (χ4v) is 5.61. The molecule has 0 saturated heterocycles. The molecule has 0 bridgehead atoms. The van der Waals surface area contributed by atoms with Crippen molar-refractivity contribution >= 4 is 45.6 Å². The third-order valence-corrected chi connectivity index (χ3v) is 7.23. The number of nitrogens with one attached hydrogen (secondary N) is 3. The molecule has 1 saturated carbocycles. The van der Waals surface area contributed by atoms with Crippen molar-refractivity contribution in [1.82, 2.24) is 5.43 Å². The molecule has 33 heavy (non-hydrogen) atoms. The number of amides is 2. The summed E-state index contributed by atoms with van der Waals surface area (Å²) in [6, 6.07) is 15.9. The van der Waals surface area contributed by atoms with Crippen LogP contribution in [0.4, 0.5) is 11.4 Å². The predicted octanol–water partition coefficient (Wildman–Crippen LogP) is 5.52. The molecule has 0 spiro atoms. The minimum absolute atomic E-state index is 0.0908. The lowest BCUT2D eigenvalue weighted by Gasteiger charge is -2.25. The van der Waals surface area contributed by atoms with Gasteiger partial charge in [-0.2, -0.15) is 5.10 Å². The summed E-state index contributed by atoms with van der Waals surface area (Å²) in [6.07, 6.45) is 7.84. The molecule has 0 aromatic heterocycles. The molecular formula is C26H26N4O2S. The van der Waals surface area contributed by atoms with Gasteiger partial charge in [-0.1, -0.05) is 49.2 Å². The maximum Gasteiger partial charge on any atom is 0.275 e. The zero-order valence-corrected chi connectivity index (χ0v) is 19.3. The SMILES string of the molecule is CC(=O)Nc1ccc(SC2=CC(=C3C(=O)NN=C3C3CCCCC3)Nc3ccccc32)cc1. The van der Waals surface area contributed by atoms with Crippen molar-refractivity contribution in [2.24, 2.45) is 11.0 Å². The number of carbonyl (C=O) groups excluding carboxylic acids is 2. The second kappa shape index (κ2) is 9.27. The number of nitrogens with zero attached hydrogens (tertiary/aromatic N) is 1. The molecule has 2 heterocycles. The Morgan fingerprint density at radius 3 is 2.58 bits per heavy atom. The average molecular weight is 459 g/mol. The van der Waals surface area contributed by atoms with Crippen molar-refractivity contribution < 1.29 is 9.59 Å². The number of anilines is 2. The molecule has 5 rings (SSSR count). The molecule has 0 unspecified atom stereocenters. The summed E-state index contributed by atoms with van der Waals surface area (Å²) >= 11 is 1.64. The normalized spacial score (nSPS) is 20.3. The molecule has 2 aliphatic heterocycles. The van der Waals surface area contributed by atoms with E-state index < -0.39 is 0 Å². The van der Waals surface area contributed by atoms with E-state index in [0.29, 0.717) is 11.5 Å². The fourth-order valence-electron chi connectivity index (χ4n) is 4.62. The van der Waals surface area contributed by atoms with Gasteiger partial charge in [0.05, 0.1) is 17.0 Å². The van der Waals surface area contributed by atoms with Crippen molar-refractivity contribution in [2.45, 2.75) is 43.9 Å². The number of hydrogen-bond acceptors (Lipinski definition) is 5. The van der Waals surface area contributed by atoms with Gasteiger partial charge in [0.1, 0.15) is 0 Å². The Kier molecular flexibility index (Phi) is 6.05. The highest BCUT2D eigenvalue weighted by Gasteiger charge is 2.33. The molecule has 3 N–H and O–H groups in total. The van der Waals surface area contributed by atoms with Gasteiger partial charge in [-0.3, -0.25) is 9.59 Å². The van der Waals surface area contributed by atoms with Gasteiger partial charge >= 0.3 is 0 Å². The highest BCUT2D eigenvalue weighted by molar-refractivity contribution is 8.08. The van der Waals surface area contributed by atoms with E-state index in [2.05, 4.69) is 33.3 Å². The van der Waals surface area contributed by atoms with Crippen LogP contribution in [-0.4, -0.2) is 17.5 Å². The van der Waals surface area contributed by atoms with Crippen LogP contribution in [0.2, 0.25) is 0 Å². The van der Waals surface area contributed by atoms with Crippen LogP contribution in [0.25, 0.3) is 4.91 Å². The van der Waals surface area contributed by atoms with Crippen LogP contribution >= 0.6 is 11.8 Å². The summed E-state index contributed by atoms with van der Waals surface area (Å²) in [7, 11) is 0. The average Bonchev–Trinajstić information content (AvgIpc) is 3.22. The molecule has 2 aromatic carbocycles. The summed E-state index contributed by atoms with van der Waals surface area (Å²) in [5.41, 5.74) is 7.89. The number of hydrazone groups is 1. The smallest absolute Gasteiger partial charge is 0.275 e.